The third-order valence-electron chi connectivity index (χ3n) is 9.20. The van der Waals surface area contributed by atoms with Crippen molar-refractivity contribution in [2.75, 3.05) is 38.3 Å². The van der Waals surface area contributed by atoms with Gasteiger partial charge in [0.05, 0.1) is 30.6 Å². The zero-order valence-corrected chi connectivity index (χ0v) is 25.3. The number of primary sulfonamides is 1. The van der Waals surface area contributed by atoms with E-state index in [-0.39, 0.29) is 35.8 Å². The van der Waals surface area contributed by atoms with Gasteiger partial charge in [-0.25, -0.2) is 18.4 Å². The van der Waals surface area contributed by atoms with Gasteiger partial charge in [-0.1, -0.05) is 29.8 Å². The predicted octanol–water partition coefficient (Wildman–Crippen LogP) is 4.15. The number of halogens is 1. The number of nitrogens with zero attached hydrogens (tertiary/aromatic N) is 1. The lowest BCUT2D eigenvalue weighted by atomic mass is 9.68. The van der Waals surface area contributed by atoms with Crippen molar-refractivity contribution in [2.24, 2.45) is 17.0 Å². The van der Waals surface area contributed by atoms with E-state index in [1.807, 2.05) is 12.1 Å². The first-order valence-corrected chi connectivity index (χ1v) is 16.4. The summed E-state index contributed by atoms with van der Waals surface area (Å²) >= 11 is 6.35. The SMILES string of the molecule is COCC(C/C=C/C(O)[C@@H]1CC[C@H]1CN1CC2(CCCc3cc(Cl)ccc32)COc2ccc(C(=O)O)cc21)S(N)(=O)=O. The Morgan fingerprint density at radius 2 is 2.10 bits per heavy atom. The lowest BCUT2D eigenvalue weighted by molar-refractivity contribution is 0.0456. The van der Waals surface area contributed by atoms with E-state index in [4.69, 9.17) is 26.2 Å². The Labute approximate surface area is 252 Å². The van der Waals surface area contributed by atoms with Crippen LogP contribution in [-0.2, 0) is 26.6 Å². The number of aromatic carboxylic acids is 1. The number of allylic oxidation sites excluding steroid dienone is 1. The molecule has 3 aliphatic rings. The first-order valence-electron chi connectivity index (χ1n) is 14.4. The van der Waals surface area contributed by atoms with Crippen LogP contribution in [0.4, 0.5) is 5.69 Å². The molecule has 2 aliphatic carbocycles. The first kappa shape index (κ1) is 30.8. The molecule has 2 aromatic carbocycles. The standard InChI is InChI=1S/C31H39ClN2O7S/c1-40-17-24(42(33,38)39)5-2-6-28(35)25-10-7-22(25)16-34-18-31(13-3-4-20-14-23(32)9-11-26(20)31)19-41-29-12-8-21(30(36)37)15-27(29)34/h2,6,8-9,11-12,14-15,22,24-25,28,35H,3-5,7,10,13,16-19H2,1H3,(H,36,37)(H2,33,38,39)/b6-2+/t22-,24?,25+,28?,31?/m0/s1. The topological polar surface area (TPSA) is 139 Å². The highest BCUT2D eigenvalue weighted by Gasteiger charge is 2.44. The van der Waals surface area contributed by atoms with Crippen molar-refractivity contribution >= 4 is 33.3 Å². The number of aliphatic hydroxyl groups is 1. The molecule has 0 saturated heterocycles. The summed E-state index contributed by atoms with van der Waals surface area (Å²) in [5.41, 5.74) is 3.11. The molecule has 9 nitrogen and oxygen atoms in total. The van der Waals surface area contributed by atoms with E-state index >= 15 is 0 Å². The average Bonchev–Trinajstić information content (AvgIpc) is 3.07. The van der Waals surface area contributed by atoms with Gasteiger partial charge in [0.25, 0.3) is 0 Å². The van der Waals surface area contributed by atoms with Crippen LogP contribution in [0.1, 0.15) is 53.6 Å². The van der Waals surface area contributed by atoms with Gasteiger partial charge >= 0.3 is 5.97 Å². The number of carboxylic acids is 1. The number of aliphatic hydroxyl groups excluding tert-OH is 1. The molecule has 1 fully saturated rings. The minimum Gasteiger partial charge on any atom is -0.490 e. The van der Waals surface area contributed by atoms with E-state index < -0.39 is 27.3 Å². The van der Waals surface area contributed by atoms with Crippen LogP contribution in [0.2, 0.25) is 5.02 Å². The van der Waals surface area contributed by atoms with Gasteiger partial charge in [0.15, 0.2) is 0 Å². The molecule has 0 radical (unpaired) electrons. The number of aryl methyl sites for hydroxylation is 1. The molecule has 228 valence electrons. The molecule has 4 N–H and O–H groups in total. The molecule has 11 heteroatoms. The number of methoxy groups -OCH3 is 1. The van der Waals surface area contributed by atoms with Crippen molar-refractivity contribution in [3.63, 3.8) is 0 Å². The Hall–Kier alpha value is -2.63. The number of anilines is 1. The lowest BCUT2D eigenvalue weighted by Crippen LogP contribution is -2.49. The van der Waals surface area contributed by atoms with E-state index in [0.29, 0.717) is 30.5 Å². The number of sulfonamides is 1. The highest BCUT2D eigenvalue weighted by molar-refractivity contribution is 7.89. The molecule has 0 aromatic heterocycles. The second-order valence-corrected chi connectivity index (χ2v) is 14.2. The van der Waals surface area contributed by atoms with Crippen molar-refractivity contribution in [1.82, 2.24) is 0 Å². The number of hydrogen-bond donors (Lipinski definition) is 3. The Morgan fingerprint density at radius 1 is 1.29 bits per heavy atom. The molecule has 1 spiro atoms. The average molecular weight is 619 g/mol. The number of benzene rings is 2. The molecule has 42 heavy (non-hydrogen) atoms. The van der Waals surface area contributed by atoms with Crippen LogP contribution in [0.25, 0.3) is 0 Å². The molecule has 2 aromatic rings. The number of ether oxygens (including phenoxy) is 2. The lowest BCUT2D eigenvalue weighted by Gasteiger charge is -2.45. The van der Waals surface area contributed by atoms with Gasteiger partial charge < -0.3 is 24.6 Å². The first-order chi connectivity index (χ1) is 20.0. The molecule has 3 unspecified atom stereocenters. The minimum absolute atomic E-state index is 0.0136. The van der Waals surface area contributed by atoms with E-state index in [1.165, 1.54) is 18.2 Å². The minimum atomic E-state index is -3.77. The van der Waals surface area contributed by atoms with Crippen molar-refractivity contribution in [1.29, 1.82) is 0 Å². The summed E-state index contributed by atoms with van der Waals surface area (Å²) in [5, 5.41) is 25.9. The zero-order valence-electron chi connectivity index (χ0n) is 23.7. The normalized spacial score (nSPS) is 25.2. The summed E-state index contributed by atoms with van der Waals surface area (Å²) in [7, 11) is -2.35. The number of rotatable bonds is 10. The van der Waals surface area contributed by atoms with Gasteiger partial charge in [-0.15, -0.1) is 0 Å². The second kappa shape index (κ2) is 12.5. The van der Waals surface area contributed by atoms with Gasteiger partial charge in [0.1, 0.15) is 11.0 Å². The van der Waals surface area contributed by atoms with E-state index in [9.17, 15) is 23.4 Å². The van der Waals surface area contributed by atoms with Crippen molar-refractivity contribution in [3.8, 4) is 5.75 Å². The molecule has 1 aliphatic heterocycles. The van der Waals surface area contributed by atoms with Crippen molar-refractivity contribution in [3.05, 3.63) is 70.3 Å². The molecular formula is C31H39ClN2O7S. The molecule has 5 rings (SSSR count). The van der Waals surface area contributed by atoms with Gasteiger partial charge in [-0.2, -0.15) is 0 Å². The number of hydrogen-bond acceptors (Lipinski definition) is 7. The van der Waals surface area contributed by atoms with Gasteiger partial charge in [-0.05, 0) is 91.8 Å². The molecule has 0 bridgehead atoms. The summed E-state index contributed by atoms with van der Waals surface area (Å²) in [6, 6.07) is 11.1. The number of carbonyl (C=O) groups is 1. The smallest absolute Gasteiger partial charge is 0.335 e. The number of fused-ring (bicyclic) bond motifs is 3. The highest BCUT2D eigenvalue weighted by Crippen LogP contribution is 2.46. The maximum Gasteiger partial charge on any atom is 0.335 e. The third kappa shape index (κ3) is 6.48. The summed E-state index contributed by atoms with van der Waals surface area (Å²) in [6.07, 6.45) is 7.39. The van der Waals surface area contributed by atoms with Crippen LogP contribution in [0.3, 0.4) is 0 Å². The van der Waals surface area contributed by atoms with Crippen LogP contribution in [0.5, 0.6) is 5.75 Å². The van der Waals surface area contributed by atoms with Gasteiger partial charge in [-0.3, -0.25) is 0 Å². The van der Waals surface area contributed by atoms with Gasteiger partial charge in [0.2, 0.25) is 10.0 Å². The molecule has 0 amide bonds. The number of nitrogens with two attached hydrogens (primary N) is 1. The molecule has 1 saturated carbocycles. The Bertz CT molecular complexity index is 1450. The van der Waals surface area contributed by atoms with Crippen LogP contribution >= 0.6 is 11.6 Å². The van der Waals surface area contributed by atoms with Crippen LogP contribution in [-0.4, -0.2) is 69.4 Å². The fourth-order valence-electron chi connectivity index (χ4n) is 6.80. The quantitative estimate of drug-likeness (QED) is 0.338. The summed E-state index contributed by atoms with van der Waals surface area (Å²) in [5.74, 6) is -0.202. The third-order valence-corrected chi connectivity index (χ3v) is 10.7. The molecule has 1 heterocycles. The maximum absolute atomic E-state index is 11.9. The van der Waals surface area contributed by atoms with Crippen molar-refractivity contribution < 1.29 is 32.9 Å². The van der Waals surface area contributed by atoms with Crippen LogP contribution in [0.15, 0.2) is 48.6 Å². The maximum atomic E-state index is 11.9. The van der Waals surface area contributed by atoms with Crippen molar-refractivity contribution in [2.45, 2.75) is 55.3 Å². The predicted molar refractivity (Wildman–Crippen MR) is 162 cm³/mol. The van der Waals surface area contributed by atoms with Crippen LogP contribution < -0.4 is 14.8 Å². The zero-order chi connectivity index (χ0) is 30.1. The Kier molecular flexibility index (Phi) is 9.20. The van der Waals surface area contributed by atoms with E-state index in [2.05, 4.69) is 11.0 Å². The fraction of sp³-hybridized carbons (Fsp3) is 0.516. The summed E-state index contributed by atoms with van der Waals surface area (Å²) < 4.78 is 35.1. The molecular weight excluding hydrogens is 580 g/mol. The largest absolute Gasteiger partial charge is 0.490 e. The Balaban J connectivity index is 1.39. The fourth-order valence-corrected chi connectivity index (χ4v) is 7.70. The van der Waals surface area contributed by atoms with Gasteiger partial charge in [0, 0.05) is 30.6 Å². The second-order valence-electron chi connectivity index (χ2n) is 11.9. The van der Waals surface area contributed by atoms with E-state index in [0.717, 1.165) is 37.8 Å². The Morgan fingerprint density at radius 3 is 2.79 bits per heavy atom. The molecule has 5 atom stereocenters. The number of carboxylic acid groups (broad SMARTS) is 1. The highest BCUT2D eigenvalue weighted by atomic mass is 35.5. The summed E-state index contributed by atoms with van der Waals surface area (Å²) in [4.78, 5) is 14.1. The van der Waals surface area contributed by atoms with Crippen LogP contribution in [0, 0.1) is 11.8 Å². The monoisotopic (exact) mass is 618 g/mol. The summed E-state index contributed by atoms with van der Waals surface area (Å²) in [6.45, 7) is 1.74. The van der Waals surface area contributed by atoms with E-state index in [1.54, 1.807) is 30.4 Å².